The molecule has 2 heterocycles. The molecule has 2 rings (SSSR count). The van der Waals surface area contributed by atoms with Crippen LogP contribution in [0.25, 0.3) is 0 Å². The highest BCUT2D eigenvalue weighted by Gasteiger charge is 2.39. The van der Waals surface area contributed by atoms with Crippen LogP contribution in [0.1, 0.15) is 44.3 Å². The molecule has 1 aliphatic heterocycles. The highest BCUT2D eigenvalue weighted by Crippen LogP contribution is 2.30. The van der Waals surface area contributed by atoms with Crippen LogP contribution in [-0.4, -0.2) is 37.0 Å². The first-order chi connectivity index (χ1) is 9.37. The van der Waals surface area contributed by atoms with Gasteiger partial charge in [0.1, 0.15) is 0 Å². The molecule has 0 aliphatic carbocycles. The van der Waals surface area contributed by atoms with Crippen molar-refractivity contribution in [2.75, 3.05) is 20.3 Å². The van der Waals surface area contributed by atoms with Gasteiger partial charge in [-0.15, -0.1) is 11.3 Å². The summed E-state index contributed by atoms with van der Waals surface area (Å²) in [5.74, 6) is 0. The molecule has 0 aromatic carbocycles. The summed E-state index contributed by atoms with van der Waals surface area (Å²) in [5.41, 5.74) is 7.41. The summed E-state index contributed by atoms with van der Waals surface area (Å²) < 4.78 is 11.2. The number of nitrogens with zero attached hydrogens (tertiary/aromatic N) is 1. The van der Waals surface area contributed by atoms with E-state index in [1.165, 1.54) is 0 Å². The number of nitrogens with two attached hydrogens (primary N) is 1. The van der Waals surface area contributed by atoms with Gasteiger partial charge in [-0.2, -0.15) is 0 Å². The second-order valence-corrected chi connectivity index (χ2v) is 7.51. The normalized spacial score (nSPS) is 20.9. The van der Waals surface area contributed by atoms with Gasteiger partial charge in [-0.05, 0) is 0 Å². The minimum absolute atomic E-state index is 0.0321. The summed E-state index contributed by atoms with van der Waals surface area (Å²) >= 11 is 1.70. The zero-order valence-electron chi connectivity index (χ0n) is 12.9. The van der Waals surface area contributed by atoms with Crippen molar-refractivity contribution in [2.24, 2.45) is 5.73 Å². The molecule has 1 aromatic heterocycles. The first-order valence-corrected chi connectivity index (χ1v) is 8.09. The zero-order valence-corrected chi connectivity index (χ0v) is 13.8. The van der Waals surface area contributed by atoms with E-state index in [2.05, 4.69) is 26.2 Å². The van der Waals surface area contributed by atoms with E-state index in [1.807, 2.05) is 0 Å². The first-order valence-electron chi connectivity index (χ1n) is 7.21. The van der Waals surface area contributed by atoms with Crippen molar-refractivity contribution in [1.82, 2.24) is 4.98 Å². The van der Waals surface area contributed by atoms with Gasteiger partial charge >= 0.3 is 0 Å². The van der Waals surface area contributed by atoms with Crippen LogP contribution in [0.2, 0.25) is 0 Å². The predicted octanol–water partition coefficient (Wildman–Crippen LogP) is 2.51. The van der Waals surface area contributed by atoms with Crippen molar-refractivity contribution in [3.05, 3.63) is 16.1 Å². The fourth-order valence-electron chi connectivity index (χ4n) is 2.57. The standard InChI is InChI=1S/C15H26N2O2S/c1-14(2,3)12-10-20-13(17-12)9-11(16)15(18-4)5-7-19-8-6-15/h10-11H,5-9,16H2,1-4H3. The maximum absolute atomic E-state index is 6.43. The molecule has 0 bridgehead atoms. The summed E-state index contributed by atoms with van der Waals surface area (Å²) in [5, 5.41) is 3.25. The molecule has 1 aliphatic rings. The Morgan fingerprint density at radius 1 is 1.45 bits per heavy atom. The lowest BCUT2D eigenvalue weighted by atomic mass is 9.85. The molecule has 0 amide bonds. The van der Waals surface area contributed by atoms with Gasteiger partial charge in [0.05, 0.1) is 16.3 Å². The third kappa shape index (κ3) is 3.39. The maximum Gasteiger partial charge on any atom is 0.0945 e. The van der Waals surface area contributed by atoms with E-state index in [0.717, 1.165) is 43.2 Å². The Balaban J connectivity index is 2.06. The number of methoxy groups -OCH3 is 1. The summed E-state index contributed by atoms with van der Waals surface area (Å²) in [6, 6.07) is -0.0321. The summed E-state index contributed by atoms with van der Waals surface area (Å²) in [7, 11) is 1.76. The van der Waals surface area contributed by atoms with Crippen LogP contribution >= 0.6 is 11.3 Å². The molecule has 5 heteroatoms. The van der Waals surface area contributed by atoms with Gasteiger partial charge < -0.3 is 15.2 Å². The molecule has 1 atom stereocenters. The van der Waals surface area contributed by atoms with E-state index in [-0.39, 0.29) is 17.1 Å². The van der Waals surface area contributed by atoms with Gasteiger partial charge in [-0.1, -0.05) is 20.8 Å². The van der Waals surface area contributed by atoms with Crippen LogP contribution in [-0.2, 0) is 21.3 Å². The predicted molar refractivity (Wildman–Crippen MR) is 82.3 cm³/mol. The van der Waals surface area contributed by atoms with Crippen molar-refractivity contribution < 1.29 is 9.47 Å². The molecule has 2 N–H and O–H groups in total. The van der Waals surface area contributed by atoms with Crippen LogP contribution in [0, 0.1) is 0 Å². The molecule has 114 valence electrons. The van der Waals surface area contributed by atoms with Crippen LogP contribution < -0.4 is 5.73 Å². The quantitative estimate of drug-likeness (QED) is 0.928. The largest absolute Gasteiger partial charge is 0.381 e. The molecule has 4 nitrogen and oxygen atoms in total. The fourth-order valence-corrected chi connectivity index (χ4v) is 3.65. The molecular formula is C15H26N2O2S. The Kier molecular flexibility index (Phi) is 4.84. The summed E-state index contributed by atoms with van der Waals surface area (Å²) in [6.45, 7) is 8.00. The zero-order chi connectivity index (χ0) is 14.8. The Bertz CT molecular complexity index is 433. The summed E-state index contributed by atoms with van der Waals surface area (Å²) in [4.78, 5) is 4.73. The maximum atomic E-state index is 6.43. The lowest BCUT2D eigenvalue weighted by Crippen LogP contribution is -2.53. The van der Waals surface area contributed by atoms with Crippen molar-refractivity contribution in [2.45, 2.75) is 57.1 Å². The Morgan fingerprint density at radius 3 is 2.60 bits per heavy atom. The molecule has 1 aromatic rings. The van der Waals surface area contributed by atoms with Crippen LogP contribution in [0.4, 0.5) is 0 Å². The minimum atomic E-state index is -0.258. The van der Waals surface area contributed by atoms with Crippen LogP contribution in [0.5, 0.6) is 0 Å². The number of thiazole rings is 1. The summed E-state index contributed by atoms with van der Waals surface area (Å²) in [6.07, 6.45) is 2.50. The molecule has 0 saturated carbocycles. The van der Waals surface area contributed by atoms with Crippen molar-refractivity contribution in [3.63, 3.8) is 0 Å². The van der Waals surface area contributed by atoms with Gasteiger partial charge in [0.15, 0.2) is 0 Å². The van der Waals surface area contributed by atoms with Gasteiger partial charge in [0.2, 0.25) is 0 Å². The van der Waals surface area contributed by atoms with Gasteiger partial charge in [-0.25, -0.2) is 4.98 Å². The van der Waals surface area contributed by atoms with E-state index >= 15 is 0 Å². The van der Waals surface area contributed by atoms with E-state index in [1.54, 1.807) is 18.4 Å². The Hall–Kier alpha value is -0.490. The smallest absolute Gasteiger partial charge is 0.0945 e. The molecule has 1 fully saturated rings. The van der Waals surface area contributed by atoms with E-state index in [4.69, 9.17) is 20.2 Å². The average Bonchev–Trinajstić information content (AvgIpc) is 2.88. The van der Waals surface area contributed by atoms with E-state index in [9.17, 15) is 0 Å². The molecule has 0 spiro atoms. The molecular weight excluding hydrogens is 272 g/mol. The number of hydrogen-bond acceptors (Lipinski definition) is 5. The molecule has 0 radical (unpaired) electrons. The number of rotatable bonds is 4. The van der Waals surface area contributed by atoms with Gasteiger partial charge in [0.25, 0.3) is 0 Å². The number of ether oxygens (including phenoxy) is 2. The topological polar surface area (TPSA) is 57.4 Å². The number of hydrogen-bond donors (Lipinski definition) is 1. The first kappa shape index (κ1) is 15.9. The van der Waals surface area contributed by atoms with Gasteiger partial charge in [-0.3, -0.25) is 0 Å². The molecule has 20 heavy (non-hydrogen) atoms. The monoisotopic (exact) mass is 298 g/mol. The molecule has 1 unspecified atom stereocenters. The van der Waals surface area contributed by atoms with Crippen molar-refractivity contribution in [1.29, 1.82) is 0 Å². The van der Waals surface area contributed by atoms with E-state index in [0.29, 0.717) is 0 Å². The fraction of sp³-hybridized carbons (Fsp3) is 0.800. The Labute approximate surface area is 125 Å². The third-order valence-corrected chi connectivity index (χ3v) is 5.01. The van der Waals surface area contributed by atoms with Crippen molar-refractivity contribution >= 4 is 11.3 Å². The Morgan fingerprint density at radius 2 is 2.10 bits per heavy atom. The third-order valence-electron chi connectivity index (χ3n) is 4.14. The highest BCUT2D eigenvalue weighted by molar-refractivity contribution is 7.09. The lowest BCUT2D eigenvalue weighted by Gasteiger charge is -2.40. The number of aromatic nitrogens is 1. The highest BCUT2D eigenvalue weighted by atomic mass is 32.1. The second kappa shape index (κ2) is 6.10. The van der Waals surface area contributed by atoms with Crippen LogP contribution in [0.15, 0.2) is 5.38 Å². The SMILES string of the molecule is COC1(C(N)Cc2nc(C(C)(C)C)cs2)CCOCC1. The molecule has 1 saturated heterocycles. The van der Waals surface area contributed by atoms with E-state index < -0.39 is 0 Å². The van der Waals surface area contributed by atoms with Crippen LogP contribution in [0.3, 0.4) is 0 Å². The minimum Gasteiger partial charge on any atom is -0.381 e. The second-order valence-electron chi connectivity index (χ2n) is 6.57. The average molecular weight is 298 g/mol. The lowest BCUT2D eigenvalue weighted by molar-refractivity contribution is -0.103. The van der Waals surface area contributed by atoms with Crippen molar-refractivity contribution in [3.8, 4) is 0 Å². The van der Waals surface area contributed by atoms with Gasteiger partial charge in [0, 0.05) is 56.4 Å².